The molecule has 80 valence electrons. The third-order valence-corrected chi connectivity index (χ3v) is 2.42. The van der Waals surface area contributed by atoms with Crippen molar-refractivity contribution in [2.75, 3.05) is 12.5 Å². The number of carbonyl (C=O) groups excluding carboxylic acids is 1. The fourth-order valence-corrected chi connectivity index (χ4v) is 1.57. The van der Waals surface area contributed by atoms with Gasteiger partial charge in [0.15, 0.2) is 6.23 Å². The molecule has 1 aliphatic heterocycles. The summed E-state index contributed by atoms with van der Waals surface area (Å²) in [5, 5.41) is 2.71. The molecular formula is C10H11ClN2O2. The first kappa shape index (κ1) is 10.4. The number of fused-ring (bicyclic) bond motifs is 1. The summed E-state index contributed by atoms with van der Waals surface area (Å²) in [7, 11) is 0. The Morgan fingerprint density at radius 1 is 1.60 bits per heavy atom. The molecule has 2 rings (SSSR count). The Hall–Kier alpha value is -1.13. The fraction of sp³-hybridized carbons (Fsp3) is 0.400. The minimum absolute atomic E-state index is 0.131. The van der Waals surface area contributed by atoms with Crippen molar-refractivity contribution in [1.29, 1.82) is 0 Å². The van der Waals surface area contributed by atoms with Crippen molar-refractivity contribution in [1.82, 2.24) is 10.3 Å². The van der Waals surface area contributed by atoms with Crippen molar-refractivity contribution in [3.63, 3.8) is 0 Å². The van der Waals surface area contributed by atoms with Crippen LogP contribution in [0.1, 0.15) is 28.7 Å². The average Bonchev–Trinajstić information content (AvgIpc) is 2.58. The number of ether oxygens (including phenoxy) is 1. The van der Waals surface area contributed by atoms with Crippen LogP contribution in [0, 0.1) is 0 Å². The van der Waals surface area contributed by atoms with E-state index in [1.807, 2.05) is 0 Å². The normalized spacial score (nSPS) is 18.7. The SMILES string of the molecule is O=C1NC(OCCCCl)c2ncccc21. The first-order chi connectivity index (χ1) is 7.33. The summed E-state index contributed by atoms with van der Waals surface area (Å²) >= 11 is 5.53. The molecule has 0 aliphatic carbocycles. The first-order valence-electron chi connectivity index (χ1n) is 4.76. The van der Waals surface area contributed by atoms with Gasteiger partial charge in [0, 0.05) is 12.1 Å². The Bertz CT molecular complexity index is 370. The predicted molar refractivity (Wildman–Crippen MR) is 55.7 cm³/mol. The Balaban J connectivity index is 2.08. The van der Waals surface area contributed by atoms with E-state index in [4.69, 9.17) is 16.3 Å². The summed E-state index contributed by atoms with van der Waals surface area (Å²) in [6.45, 7) is 0.518. The van der Waals surface area contributed by atoms with E-state index in [0.29, 0.717) is 23.7 Å². The van der Waals surface area contributed by atoms with Gasteiger partial charge in [-0.1, -0.05) is 0 Å². The molecule has 5 heteroatoms. The van der Waals surface area contributed by atoms with Gasteiger partial charge < -0.3 is 10.1 Å². The zero-order valence-electron chi connectivity index (χ0n) is 8.07. The van der Waals surface area contributed by atoms with Gasteiger partial charge in [-0.15, -0.1) is 11.6 Å². The average molecular weight is 227 g/mol. The minimum atomic E-state index is -0.420. The number of halogens is 1. The van der Waals surface area contributed by atoms with E-state index in [2.05, 4.69) is 10.3 Å². The molecule has 0 saturated heterocycles. The van der Waals surface area contributed by atoms with E-state index >= 15 is 0 Å². The van der Waals surface area contributed by atoms with Crippen molar-refractivity contribution < 1.29 is 9.53 Å². The zero-order valence-corrected chi connectivity index (χ0v) is 8.83. The van der Waals surface area contributed by atoms with Crippen molar-refractivity contribution in [2.24, 2.45) is 0 Å². The number of alkyl halides is 1. The van der Waals surface area contributed by atoms with E-state index in [-0.39, 0.29) is 5.91 Å². The van der Waals surface area contributed by atoms with Crippen LogP contribution in [-0.2, 0) is 4.74 Å². The van der Waals surface area contributed by atoms with Crippen LogP contribution in [0.3, 0.4) is 0 Å². The van der Waals surface area contributed by atoms with Crippen LogP contribution in [-0.4, -0.2) is 23.4 Å². The van der Waals surface area contributed by atoms with Crippen LogP contribution >= 0.6 is 11.6 Å². The quantitative estimate of drug-likeness (QED) is 0.625. The molecule has 0 bridgehead atoms. The molecule has 15 heavy (non-hydrogen) atoms. The van der Waals surface area contributed by atoms with Gasteiger partial charge in [0.1, 0.15) is 5.69 Å². The first-order valence-corrected chi connectivity index (χ1v) is 5.29. The molecule has 2 heterocycles. The van der Waals surface area contributed by atoms with Crippen LogP contribution < -0.4 is 5.32 Å². The number of aromatic nitrogens is 1. The van der Waals surface area contributed by atoms with E-state index < -0.39 is 6.23 Å². The molecule has 0 saturated carbocycles. The van der Waals surface area contributed by atoms with E-state index in [1.54, 1.807) is 18.3 Å². The maximum atomic E-state index is 11.5. The Morgan fingerprint density at radius 3 is 3.27 bits per heavy atom. The molecular weight excluding hydrogens is 216 g/mol. The third kappa shape index (κ3) is 2.11. The molecule has 4 nitrogen and oxygen atoms in total. The van der Waals surface area contributed by atoms with Gasteiger partial charge >= 0.3 is 0 Å². The molecule has 1 amide bonds. The summed E-state index contributed by atoms with van der Waals surface area (Å²) in [6, 6.07) is 3.47. The lowest BCUT2D eigenvalue weighted by molar-refractivity contribution is 0.0328. The highest BCUT2D eigenvalue weighted by Gasteiger charge is 2.29. The molecule has 1 aliphatic rings. The van der Waals surface area contributed by atoms with Gasteiger partial charge in [-0.25, -0.2) is 0 Å². The lowest BCUT2D eigenvalue weighted by Gasteiger charge is -2.11. The van der Waals surface area contributed by atoms with Gasteiger partial charge in [-0.3, -0.25) is 9.78 Å². The van der Waals surface area contributed by atoms with Crippen LogP contribution in [0.15, 0.2) is 18.3 Å². The topological polar surface area (TPSA) is 51.2 Å². The molecule has 1 aromatic rings. The zero-order chi connectivity index (χ0) is 10.7. The summed E-state index contributed by atoms with van der Waals surface area (Å²) < 4.78 is 5.46. The number of amides is 1. The van der Waals surface area contributed by atoms with E-state index in [0.717, 1.165) is 6.42 Å². The highest BCUT2D eigenvalue weighted by Crippen LogP contribution is 2.23. The molecule has 1 unspecified atom stereocenters. The summed E-state index contributed by atoms with van der Waals surface area (Å²) in [6.07, 6.45) is 1.99. The minimum Gasteiger partial charge on any atom is -0.352 e. The van der Waals surface area contributed by atoms with Gasteiger partial charge in [0.05, 0.1) is 12.2 Å². The highest BCUT2D eigenvalue weighted by atomic mass is 35.5. The van der Waals surface area contributed by atoms with Gasteiger partial charge in [-0.05, 0) is 18.6 Å². The summed E-state index contributed by atoms with van der Waals surface area (Å²) in [5.41, 5.74) is 1.26. The second-order valence-electron chi connectivity index (χ2n) is 3.20. The predicted octanol–water partition coefficient (Wildman–Crippen LogP) is 1.47. The lowest BCUT2D eigenvalue weighted by atomic mass is 10.2. The molecule has 0 aromatic carbocycles. The number of rotatable bonds is 4. The van der Waals surface area contributed by atoms with Crippen molar-refractivity contribution in [2.45, 2.75) is 12.6 Å². The molecule has 0 radical (unpaired) electrons. The third-order valence-electron chi connectivity index (χ3n) is 2.16. The van der Waals surface area contributed by atoms with E-state index in [1.165, 1.54) is 0 Å². The van der Waals surface area contributed by atoms with Crippen molar-refractivity contribution in [3.05, 3.63) is 29.6 Å². The van der Waals surface area contributed by atoms with Crippen LogP contribution in [0.2, 0.25) is 0 Å². The molecule has 0 fully saturated rings. The smallest absolute Gasteiger partial charge is 0.255 e. The Labute approximate surface area is 92.6 Å². The second kappa shape index (κ2) is 4.59. The van der Waals surface area contributed by atoms with Gasteiger partial charge in [0.2, 0.25) is 0 Å². The number of carbonyl (C=O) groups is 1. The van der Waals surface area contributed by atoms with E-state index in [9.17, 15) is 4.79 Å². The van der Waals surface area contributed by atoms with Crippen molar-refractivity contribution in [3.8, 4) is 0 Å². The van der Waals surface area contributed by atoms with Gasteiger partial charge in [-0.2, -0.15) is 0 Å². The maximum Gasteiger partial charge on any atom is 0.255 e. The number of pyridine rings is 1. The maximum absolute atomic E-state index is 11.5. The largest absolute Gasteiger partial charge is 0.352 e. The second-order valence-corrected chi connectivity index (χ2v) is 3.58. The number of nitrogens with one attached hydrogen (secondary N) is 1. The van der Waals surface area contributed by atoms with Crippen molar-refractivity contribution >= 4 is 17.5 Å². The molecule has 0 spiro atoms. The molecule has 1 N–H and O–H groups in total. The standard InChI is InChI=1S/C10H11ClN2O2/c11-4-2-6-15-10-8-7(9(14)13-10)3-1-5-12-8/h1,3,5,10H,2,4,6H2,(H,13,14). The molecule has 1 atom stereocenters. The van der Waals surface area contributed by atoms with Gasteiger partial charge in [0.25, 0.3) is 5.91 Å². The number of nitrogens with zero attached hydrogens (tertiary/aromatic N) is 1. The van der Waals surface area contributed by atoms with Crippen LogP contribution in [0.4, 0.5) is 0 Å². The Morgan fingerprint density at radius 2 is 2.47 bits per heavy atom. The fourth-order valence-electron chi connectivity index (χ4n) is 1.46. The molecule has 1 aromatic heterocycles. The number of hydrogen-bond acceptors (Lipinski definition) is 3. The highest BCUT2D eigenvalue weighted by molar-refractivity contribution is 6.17. The summed E-state index contributed by atoms with van der Waals surface area (Å²) in [5.74, 6) is 0.421. The van der Waals surface area contributed by atoms with Crippen LogP contribution in [0.25, 0.3) is 0 Å². The van der Waals surface area contributed by atoms with Crippen LogP contribution in [0.5, 0.6) is 0 Å². The monoisotopic (exact) mass is 226 g/mol. The number of hydrogen-bond donors (Lipinski definition) is 1. The summed E-state index contributed by atoms with van der Waals surface area (Å²) in [4.78, 5) is 15.6. The lowest BCUT2D eigenvalue weighted by Crippen LogP contribution is -2.22. The Kier molecular flexibility index (Phi) is 3.18.